The van der Waals surface area contributed by atoms with Gasteiger partial charge >= 0.3 is 11.9 Å². The fourth-order valence-corrected chi connectivity index (χ4v) is 0.697. The highest BCUT2D eigenvalue weighted by atomic mass is 16.6. The van der Waals surface area contributed by atoms with Gasteiger partial charge in [-0.15, -0.1) is 0 Å². The summed E-state index contributed by atoms with van der Waals surface area (Å²) in [5.74, 6) is -0.796. The van der Waals surface area contributed by atoms with Crippen LogP contribution in [0.2, 0.25) is 0 Å². The number of cyclic esters (lactones) is 2. The molecule has 1 fully saturated rings. The Kier molecular flexibility index (Phi) is 7.05. The van der Waals surface area contributed by atoms with Crippen LogP contribution in [-0.2, 0) is 14.3 Å². The van der Waals surface area contributed by atoms with Crippen molar-refractivity contribution < 1.29 is 14.3 Å². The fourth-order valence-electron chi connectivity index (χ4n) is 0.697. The van der Waals surface area contributed by atoms with E-state index in [2.05, 4.69) is 20.7 Å². The van der Waals surface area contributed by atoms with Crippen molar-refractivity contribution in [1.82, 2.24) is 0 Å². The van der Waals surface area contributed by atoms with Crippen molar-refractivity contribution in [2.45, 2.75) is 52.6 Å². The monoisotopic (exact) mass is 226 g/mol. The molecular formula is C11H18N2O3. The lowest BCUT2D eigenvalue weighted by Crippen LogP contribution is -1.94. The van der Waals surface area contributed by atoms with E-state index >= 15 is 0 Å². The highest BCUT2D eigenvalue weighted by Crippen LogP contribution is 2.03. The minimum absolute atomic E-state index is 0.263. The second-order valence-corrected chi connectivity index (χ2v) is 3.89. The molecule has 0 aromatic rings. The molecule has 0 radical (unpaired) electrons. The Morgan fingerprint density at radius 3 is 1.56 bits per heavy atom. The maximum absolute atomic E-state index is 10.0. The summed E-state index contributed by atoms with van der Waals surface area (Å²) in [5.41, 5.74) is 0. The molecule has 0 aromatic heterocycles. The van der Waals surface area contributed by atoms with Crippen molar-refractivity contribution in [2.24, 2.45) is 9.98 Å². The quantitative estimate of drug-likeness (QED) is 0.410. The van der Waals surface area contributed by atoms with E-state index in [0.717, 1.165) is 0 Å². The van der Waals surface area contributed by atoms with Crippen molar-refractivity contribution in [3.8, 4) is 0 Å². The van der Waals surface area contributed by atoms with Crippen LogP contribution >= 0.6 is 0 Å². The van der Waals surface area contributed by atoms with E-state index in [0.29, 0.717) is 12.1 Å². The molecule has 0 aliphatic carbocycles. The second kappa shape index (κ2) is 7.77. The average Bonchev–Trinajstić information content (AvgIpc) is 2.49. The first-order valence-corrected chi connectivity index (χ1v) is 5.30. The van der Waals surface area contributed by atoms with Crippen LogP contribution in [0.4, 0.5) is 0 Å². The molecule has 1 rings (SSSR count). The molecule has 90 valence electrons. The molecule has 5 heteroatoms. The molecule has 0 aromatic carbocycles. The Labute approximate surface area is 95.6 Å². The van der Waals surface area contributed by atoms with Crippen molar-refractivity contribution >= 4 is 17.9 Å². The normalized spacial score (nSPS) is 14.1. The van der Waals surface area contributed by atoms with Gasteiger partial charge < -0.3 is 4.74 Å². The second-order valence-electron chi connectivity index (χ2n) is 3.89. The first-order chi connectivity index (χ1) is 7.41. The van der Waals surface area contributed by atoms with Crippen LogP contribution in [0.1, 0.15) is 40.5 Å². The van der Waals surface area contributed by atoms with Gasteiger partial charge in [-0.2, -0.15) is 0 Å². The first kappa shape index (κ1) is 14.5. The smallest absolute Gasteiger partial charge is 0.314 e. The SMILES string of the molecule is CC(C)N=C=NC(C)C.O=C1CCC(=O)O1. The number of carbonyl (C=O) groups is 2. The van der Waals surface area contributed by atoms with E-state index < -0.39 is 11.9 Å². The van der Waals surface area contributed by atoms with Crippen LogP contribution in [0.15, 0.2) is 9.98 Å². The summed E-state index contributed by atoms with van der Waals surface area (Å²) in [6.45, 7) is 8.01. The van der Waals surface area contributed by atoms with Crippen molar-refractivity contribution in [3.63, 3.8) is 0 Å². The third-order valence-corrected chi connectivity index (χ3v) is 1.39. The molecule has 0 spiro atoms. The molecule has 0 saturated carbocycles. The van der Waals surface area contributed by atoms with Crippen LogP contribution in [0.3, 0.4) is 0 Å². The minimum Gasteiger partial charge on any atom is -0.393 e. The summed E-state index contributed by atoms with van der Waals surface area (Å²) < 4.78 is 4.08. The number of rotatable bonds is 2. The number of carbonyl (C=O) groups excluding carboxylic acids is 2. The lowest BCUT2D eigenvalue weighted by atomic mass is 10.4. The summed E-state index contributed by atoms with van der Waals surface area (Å²) in [6, 6.07) is 3.26. The summed E-state index contributed by atoms with van der Waals surface area (Å²) in [5, 5.41) is 0. The largest absolute Gasteiger partial charge is 0.393 e. The van der Waals surface area contributed by atoms with Crippen LogP contribution in [0.5, 0.6) is 0 Å². The molecule has 0 amide bonds. The third-order valence-electron chi connectivity index (χ3n) is 1.39. The van der Waals surface area contributed by atoms with E-state index in [-0.39, 0.29) is 12.8 Å². The number of hydrogen-bond donors (Lipinski definition) is 0. The Morgan fingerprint density at radius 2 is 1.38 bits per heavy atom. The number of esters is 2. The summed E-state index contributed by atoms with van der Waals surface area (Å²) in [4.78, 5) is 27.9. The molecule has 0 N–H and O–H groups in total. The van der Waals surface area contributed by atoms with Gasteiger partial charge in [0.15, 0.2) is 0 Å². The molecule has 0 atom stereocenters. The summed E-state index contributed by atoms with van der Waals surface area (Å²) in [7, 11) is 0. The molecule has 1 aliphatic rings. The van der Waals surface area contributed by atoms with E-state index in [1.807, 2.05) is 27.7 Å². The van der Waals surface area contributed by atoms with Crippen molar-refractivity contribution in [1.29, 1.82) is 0 Å². The zero-order valence-electron chi connectivity index (χ0n) is 10.2. The standard InChI is InChI=1S/C7H14N2.C4H4O3/c1-6(2)8-5-9-7(3)4;5-3-1-2-4(6)7-3/h6-7H,1-4H3;1-2H2. The molecular weight excluding hydrogens is 208 g/mol. The average molecular weight is 226 g/mol. The van der Waals surface area contributed by atoms with E-state index in [9.17, 15) is 9.59 Å². The van der Waals surface area contributed by atoms with Gasteiger partial charge in [-0.05, 0) is 27.7 Å². The molecule has 0 bridgehead atoms. The van der Waals surface area contributed by atoms with Gasteiger partial charge in [-0.3, -0.25) is 9.59 Å². The Balaban J connectivity index is 0.000000288. The number of ether oxygens (including phenoxy) is 1. The zero-order chi connectivity index (χ0) is 12.6. The van der Waals surface area contributed by atoms with Crippen molar-refractivity contribution in [3.05, 3.63) is 0 Å². The molecule has 16 heavy (non-hydrogen) atoms. The predicted molar refractivity (Wildman–Crippen MR) is 60.5 cm³/mol. The molecule has 0 unspecified atom stereocenters. The van der Waals surface area contributed by atoms with Crippen LogP contribution in [-0.4, -0.2) is 30.0 Å². The van der Waals surface area contributed by atoms with E-state index in [1.165, 1.54) is 0 Å². The minimum atomic E-state index is -0.398. The lowest BCUT2D eigenvalue weighted by Gasteiger charge is -1.89. The van der Waals surface area contributed by atoms with Gasteiger partial charge in [0.25, 0.3) is 0 Å². The van der Waals surface area contributed by atoms with Crippen molar-refractivity contribution in [2.75, 3.05) is 0 Å². The maximum Gasteiger partial charge on any atom is 0.314 e. The molecule has 5 nitrogen and oxygen atoms in total. The highest BCUT2D eigenvalue weighted by molar-refractivity contribution is 5.92. The van der Waals surface area contributed by atoms with Crippen LogP contribution in [0, 0.1) is 0 Å². The van der Waals surface area contributed by atoms with Gasteiger partial charge in [-0.25, -0.2) is 9.98 Å². The summed E-state index contributed by atoms with van der Waals surface area (Å²) >= 11 is 0. The predicted octanol–water partition coefficient (Wildman–Crippen LogP) is 1.83. The topological polar surface area (TPSA) is 68.1 Å². The fraction of sp³-hybridized carbons (Fsp3) is 0.727. The number of nitrogens with zero attached hydrogens (tertiary/aromatic N) is 2. The highest BCUT2D eigenvalue weighted by Gasteiger charge is 2.19. The van der Waals surface area contributed by atoms with Gasteiger partial charge in [0, 0.05) is 0 Å². The van der Waals surface area contributed by atoms with E-state index in [1.54, 1.807) is 0 Å². The first-order valence-electron chi connectivity index (χ1n) is 5.30. The Hall–Kier alpha value is -1.48. The number of hydrogen-bond acceptors (Lipinski definition) is 5. The van der Waals surface area contributed by atoms with Gasteiger partial charge in [0.1, 0.15) is 0 Å². The Morgan fingerprint density at radius 1 is 1.00 bits per heavy atom. The molecule has 1 heterocycles. The Bertz CT molecular complexity index is 276. The van der Waals surface area contributed by atoms with Crippen LogP contribution < -0.4 is 0 Å². The van der Waals surface area contributed by atoms with Gasteiger partial charge in [-0.1, -0.05) is 0 Å². The van der Waals surface area contributed by atoms with Gasteiger partial charge in [0.2, 0.25) is 0 Å². The third kappa shape index (κ3) is 9.09. The summed E-state index contributed by atoms with van der Waals surface area (Å²) in [6.07, 6.45) is 0.525. The van der Waals surface area contributed by atoms with Crippen LogP contribution in [0.25, 0.3) is 0 Å². The molecule has 1 aliphatic heterocycles. The number of aliphatic imine (C=N–C) groups is 2. The van der Waals surface area contributed by atoms with E-state index in [4.69, 9.17) is 0 Å². The lowest BCUT2D eigenvalue weighted by molar-refractivity contribution is -0.151. The van der Waals surface area contributed by atoms with Gasteiger partial charge in [0.05, 0.1) is 30.9 Å². The zero-order valence-corrected chi connectivity index (χ0v) is 10.2. The maximum atomic E-state index is 10.0. The molecule has 1 saturated heterocycles.